The highest BCUT2D eigenvalue weighted by Gasteiger charge is 2.44. The van der Waals surface area contributed by atoms with Crippen LogP contribution in [0.25, 0.3) is 0 Å². The smallest absolute Gasteiger partial charge is 0.0101 e. The molecule has 0 aromatic heterocycles. The van der Waals surface area contributed by atoms with Crippen LogP contribution in [-0.2, 0) is 0 Å². The van der Waals surface area contributed by atoms with Crippen LogP contribution in [0.5, 0.6) is 0 Å². The van der Waals surface area contributed by atoms with Gasteiger partial charge in [0.15, 0.2) is 0 Å². The summed E-state index contributed by atoms with van der Waals surface area (Å²) in [6.07, 6.45) is 30.0. The summed E-state index contributed by atoms with van der Waals surface area (Å²) in [5, 5.41) is 0. The Morgan fingerprint density at radius 2 is 1.19 bits per heavy atom. The Morgan fingerprint density at radius 3 is 1.74 bits per heavy atom. The lowest BCUT2D eigenvalue weighted by Gasteiger charge is -2.46. The maximum absolute atomic E-state index is 3.20. The van der Waals surface area contributed by atoms with Crippen molar-refractivity contribution in [2.75, 3.05) is 0 Å². The van der Waals surface area contributed by atoms with Crippen LogP contribution in [0.3, 0.4) is 0 Å². The first-order valence-electron chi connectivity index (χ1n) is 14.9. The fourth-order valence-corrected chi connectivity index (χ4v) is 8.87. The molecule has 0 aromatic carbocycles. The van der Waals surface area contributed by atoms with Gasteiger partial charge in [-0.2, -0.15) is 0 Å². The van der Waals surface area contributed by atoms with Gasteiger partial charge in [-0.25, -0.2) is 0 Å². The zero-order valence-corrected chi connectivity index (χ0v) is 21.6. The molecular formula is C30H55N. The zero-order chi connectivity index (χ0) is 21.7. The molecule has 31 heavy (non-hydrogen) atoms. The number of hydrogen-bond acceptors (Lipinski definition) is 1. The first kappa shape index (κ1) is 24.1. The van der Waals surface area contributed by atoms with E-state index in [1.165, 1.54) is 128 Å². The highest BCUT2D eigenvalue weighted by Crippen LogP contribution is 2.51. The molecule has 0 heterocycles. The van der Waals surface area contributed by atoms with Crippen molar-refractivity contribution in [2.45, 2.75) is 167 Å². The summed E-state index contributed by atoms with van der Waals surface area (Å²) in [5.41, 5.74) is 0.611. The van der Waals surface area contributed by atoms with Crippen molar-refractivity contribution in [3.63, 3.8) is 0 Å². The molecule has 0 bridgehead atoms. The molecule has 0 saturated heterocycles. The fourth-order valence-electron chi connectivity index (χ4n) is 8.87. The zero-order valence-electron chi connectivity index (χ0n) is 21.6. The third-order valence-corrected chi connectivity index (χ3v) is 10.6. The molecule has 0 spiro atoms. The van der Waals surface area contributed by atoms with Crippen molar-refractivity contribution in [2.24, 2.45) is 23.2 Å². The van der Waals surface area contributed by atoms with Gasteiger partial charge in [0.05, 0.1) is 0 Å². The van der Waals surface area contributed by atoms with Gasteiger partial charge in [-0.3, -0.25) is 4.90 Å². The lowest BCUT2D eigenvalue weighted by Crippen LogP contribution is -2.50. The molecule has 0 aliphatic heterocycles. The largest absolute Gasteiger partial charge is 0.294 e. The Kier molecular flexibility index (Phi) is 8.86. The van der Waals surface area contributed by atoms with Gasteiger partial charge in [0.1, 0.15) is 0 Å². The van der Waals surface area contributed by atoms with E-state index in [1.54, 1.807) is 0 Å². The van der Waals surface area contributed by atoms with Crippen LogP contribution < -0.4 is 0 Å². The Bertz CT molecular complexity index is 491. The monoisotopic (exact) mass is 429 g/mol. The van der Waals surface area contributed by atoms with E-state index in [2.05, 4.69) is 25.7 Å². The van der Waals surface area contributed by atoms with Gasteiger partial charge in [-0.1, -0.05) is 78.6 Å². The first-order chi connectivity index (χ1) is 15.1. The molecule has 3 unspecified atom stereocenters. The van der Waals surface area contributed by atoms with E-state index in [0.717, 1.165) is 35.9 Å². The minimum atomic E-state index is 0.611. The third kappa shape index (κ3) is 5.91. The van der Waals surface area contributed by atoms with E-state index in [9.17, 15) is 0 Å². The average molecular weight is 430 g/mol. The second kappa shape index (κ2) is 11.4. The minimum Gasteiger partial charge on any atom is -0.294 e. The summed E-state index contributed by atoms with van der Waals surface area (Å²) in [6, 6.07) is 2.74. The Hall–Kier alpha value is -0.0400. The summed E-state index contributed by atoms with van der Waals surface area (Å²) >= 11 is 0. The van der Waals surface area contributed by atoms with Crippen molar-refractivity contribution in [1.82, 2.24) is 4.90 Å². The van der Waals surface area contributed by atoms with E-state index >= 15 is 0 Å². The maximum Gasteiger partial charge on any atom is 0.0101 e. The molecule has 0 aromatic rings. The third-order valence-electron chi connectivity index (χ3n) is 10.6. The molecule has 3 atom stereocenters. The summed E-state index contributed by atoms with van der Waals surface area (Å²) in [7, 11) is 0. The van der Waals surface area contributed by atoms with Crippen LogP contribution in [0.15, 0.2) is 0 Å². The topological polar surface area (TPSA) is 3.24 Å². The molecule has 1 heteroatoms. The van der Waals surface area contributed by atoms with Gasteiger partial charge in [-0.05, 0) is 93.8 Å². The van der Waals surface area contributed by atoms with Gasteiger partial charge in [0, 0.05) is 18.1 Å². The molecule has 180 valence electrons. The van der Waals surface area contributed by atoms with Gasteiger partial charge < -0.3 is 0 Å². The van der Waals surface area contributed by atoms with Gasteiger partial charge in [-0.15, -0.1) is 0 Å². The second-order valence-corrected chi connectivity index (χ2v) is 12.8. The predicted molar refractivity (Wildman–Crippen MR) is 135 cm³/mol. The van der Waals surface area contributed by atoms with E-state index in [1.807, 2.05) is 0 Å². The molecule has 4 aliphatic carbocycles. The van der Waals surface area contributed by atoms with Crippen LogP contribution in [0.2, 0.25) is 0 Å². The van der Waals surface area contributed by atoms with Crippen LogP contribution in [0.4, 0.5) is 0 Å². The van der Waals surface area contributed by atoms with Crippen LogP contribution >= 0.6 is 0 Å². The minimum absolute atomic E-state index is 0.611. The summed E-state index contributed by atoms with van der Waals surface area (Å²) in [4.78, 5) is 3.20. The molecular weight excluding hydrogens is 374 g/mol. The lowest BCUT2D eigenvalue weighted by atomic mass is 9.62. The SMILES string of the molecule is CCCC1(C)CCC(N(C2CCCCC2)C2CCCCC2)CCC1C1CCC(C)CC1. The Labute approximate surface area is 195 Å². The lowest BCUT2D eigenvalue weighted by molar-refractivity contribution is 0.0295. The van der Waals surface area contributed by atoms with E-state index in [4.69, 9.17) is 0 Å². The highest BCUT2D eigenvalue weighted by atomic mass is 15.2. The average Bonchev–Trinajstić information content (AvgIpc) is 2.96. The highest BCUT2D eigenvalue weighted by molar-refractivity contribution is 4.96. The number of rotatable bonds is 6. The van der Waals surface area contributed by atoms with Crippen LogP contribution in [0.1, 0.15) is 149 Å². The van der Waals surface area contributed by atoms with Gasteiger partial charge >= 0.3 is 0 Å². The number of nitrogens with zero attached hydrogens (tertiary/aromatic N) is 1. The first-order valence-corrected chi connectivity index (χ1v) is 14.9. The molecule has 4 aliphatic rings. The van der Waals surface area contributed by atoms with Crippen molar-refractivity contribution in [3.8, 4) is 0 Å². The van der Waals surface area contributed by atoms with Crippen LogP contribution in [0, 0.1) is 23.2 Å². The van der Waals surface area contributed by atoms with Crippen molar-refractivity contribution < 1.29 is 0 Å². The standard InChI is InChI=1S/C30H55N/c1-4-22-30(3)23-21-28(19-20-29(30)25-17-15-24(2)16-18-25)31(26-11-7-5-8-12-26)27-13-9-6-10-14-27/h24-29H,4-23H2,1-3H3. The molecule has 0 amide bonds. The maximum atomic E-state index is 3.20. The molecule has 0 N–H and O–H groups in total. The second-order valence-electron chi connectivity index (χ2n) is 12.8. The van der Waals surface area contributed by atoms with Crippen molar-refractivity contribution in [1.29, 1.82) is 0 Å². The van der Waals surface area contributed by atoms with Gasteiger partial charge in [0.25, 0.3) is 0 Å². The summed E-state index contributed by atoms with van der Waals surface area (Å²) in [6.45, 7) is 7.67. The predicted octanol–water partition coefficient (Wildman–Crippen LogP) is 9.15. The van der Waals surface area contributed by atoms with E-state index < -0.39 is 0 Å². The molecule has 0 radical (unpaired) electrons. The molecule has 4 fully saturated rings. The van der Waals surface area contributed by atoms with Gasteiger partial charge in [0.2, 0.25) is 0 Å². The summed E-state index contributed by atoms with van der Waals surface area (Å²) in [5.74, 6) is 3.02. The Morgan fingerprint density at radius 1 is 0.645 bits per heavy atom. The molecule has 4 rings (SSSR count). The number of hydrogen-bond donors (Lipinski definition) is 0. The van der Waals surface area contributed by atoms with Crippen molar-refractivity contribution >= 4 is 0 Å². The normalized spacial score (nSPS) is 39.5. The van der Waals surface area contributed by atoms with Crippen molar-refractivity contribution in [3.05, 3.63) is 0 Å². The molecule has 4 saturated carbocycles. The Balaban J connectivity index is 1.51. The fraction of sp³-hybridized carbons (Fsp3) is 1.00. The molecule has 1 nitrogen and oxygen atoms in total. The summed E-state index contributed by atoms with van der Waals surface area (Å²) < 4.78 is 0. The van der Waals surface area contributed by atoms with E-state index in [-0.39, 0.29) is 0 Å². The van der Waals surface area contributed by atoms with Crippen LogP contribution in [-0.4, -0.2) is 23.0 Å². The quantitative estimate of drug-likeness (QED) is 0.380. The van der Waals surface area contributed by atoms with E-state index in [0.29, 0.717) is 5.41 Å².